The van der Waals surface area contributed by atoms with E-state index in [1.54, 1.807) is 13.3 Å². The Morgan fingerprint density at radius 2 is 1.89 bits per heavy atom. The van der Waals surface area contributed by atoms with Crippen molar-refractivity contribution in [1.82, 2.24) is 9.88 Å². The molecule has 0 N–H and O–H groups in total. The van der Waals surface area contributed by atoms with E-state index in [4.69, 9.17) is 9.15 Å². The molecule has 4 nitrogen and oxygen atoms in total. The minimum absolute atomic E-state index is 0.755. The van der Waals surface area contributed by atoms with Gasteiger partial charge in [0, 0.05) is 31.2 Å². The van der Waals surface area contributed by atoms with Crippen LogP contribution in [0.4, 0.5) is 0 Å². The van der Waals surface area contributed by atoms with E-state index < -0.39 is 0 Å². The number of rotatable bonds is 4. The van der Waals surface area contributed by atoms with E-state index in [0.717, 1.165) is 54.2 Å². The lowest BCUT2D eigenvalue weighted by Gasteiger charge is -2.29. The molecule has 1 aliphatic rings. The minimum Gasteiger partial charge on any atom is -0.493 e. The Balaban J connectivity index is 1.50. The fourth-order valence-electron chi connectivity index (χ4n) is 4.02. The van der Waals surface area contributed by atoms with Gasteiger partial charge in [-0.2, -0.15) is 0 Å². The largest absolute Gasteiger partial charge is 0.493 e. The lowest BCUT2D eigenvalue weighted by molar-refractivity contribution is 0.246. The molecule has 1 aliphatic heterocycles. The van der Waals surface area contributed by atoms with Crippen molar-refractivity contribution in [2.45, 2.75) is 19.5 Å². The maximum absolute atomic E-state index is 6.16. The normalized spacial score (nSPS) is 14.2. The first-order valence-corrected chi connectivity index (χ1v) is 9.62. The number of ether oxygens (including phenoxy) is 1. The van der Waals surface area contributed by atoms with Crippen molar-refractivity contribution in [2.75, 3.05) is 13.7 Å². The quantitative estimate of drug-likeness (QED) is 0.503. The molecule has 3 heterocycles. The van der Waals surface area contributed by atoms with Crippen LogP contribution in [0.2, 0.25) is 0 Å². The Hall–Kier alpha value is -3.11. The van der Waals surface area contributed by atoms with Crippen LogP contribution in [0.1, 0.15) is 16.7 Å². The first kappa shape index (κ1) is 17.0. The van der Waals surface area contributed by atoms with Gasteiger partial charge in [-0.1, -0.05) is 36.4 Å². The van der Waals surface area contributed by atoms with E-state index in [2.05, 4.69) is 46.3 Å². The van der Waals surface area contributed by atoms with Crippen molar-refractivity contribution in [3.63, 3.8) is 0 Å². The van der Waals surface area contributed by atoms with Crippen LogP contribution in [0, 0.1) is 0 Å². The van der Waals surface area contributed by atoms with E-state index in [-0.39, 0.29) is 0 Å². The Kier molecular flexibility index (Phi) is 4.34. The van der Waals surface area contributed by atoms with Gasteiger partial charge in [-0.3, -0.25) is 9.88 Å². The second kappa shape index (κ2) is 7.13. The molecule has 0 atom stereocenters. The van der Waals surface area contributed by atoms with E-state index in [1.807, 2.05) is 24.3 Å². The van der Waals surface area contributed by atoms with Gasteiger partial charge in [-0.15, -0.1) is 0 Å². The molecule has 0 bridgehead atoms. The monoisotopic (exact) mass is 370 g/mol. The van der Waals surface area contributed by atoms with E-state index in [9.17, 15) is 0 Å². The number of aromatic nitrogens is 1. The topological polar surface area (TPSA) is 38.5 Å². The molecule has 0 aliphatic carbocycles. The molecule has 0 saturated heterocycles. The third-order valence-electron chi connectivity index (χ3n) is 5.48. The number of nitrogens with zero attached hydrogens (tertiary/aromatic N) is 2. The molecule has 4 aromatic rings. The van der Waals surface area contributed by atoms with Gasteiger partial charge in [-0.25, -0.2) is 0 Å². The maximum Gasteiger partial charge on any atom is 0.177 e. The molecule has 0 radical (unpaired) electrons. The molecule has 0 spiro atoms. The molecule has 140 valence electrons. The fraction of sp³-hybridized carbons (Fsp3) is 0.208. The standard InChI is InChI=1S/C24H22N2O2/c1-27-22-10-9-19(16-26-13-11-17-6-2-3-7-18(17)15-26)20-14-23(28-24(20)22)21-8-4-5-12-25-21/h2-10,12,14H,11,13,15-16H2,1H3. The number of hydrogen-bond acceptors (Lipinski definition) is 4. The van der Waals surface area contributed by atoms with Gasteiger partial charge in [0.15, 0.2) is 17.1 Å². The predicted octanol–water partition coefficient (Wildman–Crippen LogP) is 5.06. The zero-order chi connectivity index (χ0) is 18.9. The van der Waals surface area contributed by atoms with Gasteiger partial charge in [0.25, 0.3) is 0 Å². The van der Waals surface area contributed by atoms with Crippen LogP contribution in [-0.4, -0.2) is 23.5 Å². The van der Waals surface area contributed by atoms with Crippen LogP contribution in [0.15, 0.2) is 71.3 Å². The minimum atomic E-state index is 0.755. The first-order valence-electron chi connectivity index (χ1n) is 9.62. The van der Waals surface area contributed by atoms with Gasteiger partial charge >= 0.3 is 0 Å². The summed E-state index contributed by atoms with van der Waals surface area (Å²) >= 11 is 0. The maximum atomic E-state index is 6.16. The van der Waals surface area contributed by atoms with E-state index in [1.165, 1.54) is 16.7 Å². The lowest BCUT2D eigenvalue weighted by atomic mass is 9.99. The van der Waals surface area contributed by atoms with Gasteiger partial charge in [0.2, 0.25) is 0 Å². The smallest absolute Gasteiger partial charge is 0.177 e. The molecule has 4 heteroatoms. The highest BCUT2D eigenvalue weighted by molar-refractivity contribution is 5.89. The van der Waals surface area contributed by atoms with Crippen molar-refractivity contribution in [3.05, 3.63) is 83.6 Å². The highest BCUT2D eigenvalue weighted by Gasteiger charge is 2.19. The zero-order valence-corrected chi connectivity index (χ0v) is 15.9. The fourth-order valence-corrected chi connectivity index (χ4v) is 4.02. The van der Waals surface area contributed by atoms with Crippen LogP contribution >= 0.6 is 0 Å². The number of hydrogen-bond donors (Lipinski definition) is 0. The van der Waals surface area contributed by atoms with Crippen LogP contribution < -0.4 is 4.74 Å². The summed E-state index contributed by atoms with van der Waals surface area (Å²) in [7, 11) is 1.68. The second-order valence-corrected chi connectivity index (χ2v) is 7.22. The summed E-state index contributed by atoms with van der Waals surface area (Å²) in [4.78, 5) is 6.92. The summed E-state index contributed by atoms with van der Waals surface area (Å²) in [6, 6.07) is 20.8. The number of furan rings is 1. The van der Waals surface area contributed by atoms with Gasteiger partial charge in [-0.05, 0) is 47.4 Å². The van der Waals surface area contributed by atoms with Crippen molar-refractivity contribution in [3.8, 4) is 17.2 Å². The predicted molar refractivity (Wildman–Crippen MR) is 110 cm³/mol. The molecule has 0 fully saturated rings. The highest BCUT2D eigenvalue weighted by Crippen LogP contribution is 2.36. The molecule has 2 aromatic heterocycles. The van der Waals surface area contributed by atoms with Crippen LogP contribution in [0.3, 0.4) is 0 Å². The molecule has 5 rings (SSSR count). The van der Waals surface area contributed by atoms with Crippen LogP contribution in [0.25, 0.3) is 22.4 Å². The second-order valence-electron chi connectivity index (χ2n) is 7.22. The number of methoxy groups -OCH3 is 1. The van der Waals surface area contributed by atoms with Crippen molar-refractivity contribution >= 4 is 11.0 Å². The van der Waals surface area contributed by atoms with Gasteiger partial charge in [0.05, 0.1) is 7.11 Å². The summed E-state index contributed by atoms with van der Waals surface area (Å²) in [5.74, 6) is 1.52. The number of pyridine rings is 1. The molecule has 0 unspecified atom stereocenters. The Morgan fingerprint density at radius 3 is 2.71 bits per heavy atom. The van der Waals surface area contributed by atoms with Gasteiger partial charge in [0.1, 0.15) is 5.69 Å². The van der Waals surface area contributed by atoms with Crippen molar-refractivity contribution in [2.24, 2.45) is 0 Å². The summed E-state index contributed by atoms with van der Waals surface area (Å²) in [6.45, 7) is 2.93. The first-order chi connectivity index (χ1) is 13.8. The van der Waals surface area contributed by atoms with Crippen LogP contribution in [-0.2, 0) is 19.5 Å². The van der Waals surface area contributed by atoms with Gasteiger partial charge < -0.3 is 9.15 Å². The number of fused-ring (bicyclic) bond motifs is 2. The molecule has 28 heavy (non-hydrogen) atoms. The van der Waals surface area contributed by atoms with Crippen molar-refractivity contribution in [1.29, 1.82) is 0 Å². The summed E-state index contributed by atoms with van der Waals surface area (Å²) in [6.07, 6.45) is 2.88. The Bertz CT molecular complexity index is 1120. The zero-order valence-electron chi connectivity index (χ0n) is 15.9. The van der Waals surface area contributed by atoms with E-state index in [0.29, 0.717) is 0 Å². The summed E-state index contributed by atoms with van der Waals surface area (Å²) < 4.78 is 11.7. The Morgan fingerprint density at radius 1 is 1.04 bits per heavy atom. The third-order valence-corrected chi connectivity index (χ3v) is 5.48. The average molecular weight is 370 g/mol. The van der Waals surface area contributed by atoms with Crippen molar-refractivity contribution < 1.29 is 9.15 Å². The highest BCUT2D eigenvalue weighted by atomic mass is 16.5. The SMILES string of the molecule is COc1ccc(CN2CCc3ccccc3C2)c2cc(-c3ccccn3)oc12. The lowest BCUT2D eigenvalue weighted by Crippen LogP contribution is -2.30. The Labute approximate surface area is 164 Å². The van der Waals surface area contributed by atoms with E-state index >= 15 is 0 Å². The summed E-state index contributed by atoms with van der Waals surface area (Å²) in [5.41, 5.74) is 5.78. The number of benzene rings is 2. The summed E-state index contributed by atoms with van der Waals surface area (Å²) in [5, 5.41) is 1.10. The molecular weight excluding hydrogens is 348 g/mol. The molecular formula is C24H22N2O2. The van der Waals surface area contributed by atoms with Crippen LogP contribution in [0.5, 0.6) is 5.75 Å². The average Bonchev–Trinajstić information content (AvgIpc) is 3.21. The molecule has 0 amide bonds. The molecule has 2 aromatic carbocycles. The molecule has 0 saturated carbocycles. The third kappa shape index (κ3) is 3.06.